The van der Waals surface area contributed by atoms with Gasteiger partial charge >= 0.3 is 6.03 Å². The van der Waals surface area contributed by atoms with E-state index in [4.69, 9.17) is 11.6 Å². The number of hydrazine groups is 1. The minimum absolute atomic E-state index is 0.263. The van der Waals surface area contributed by atoms with Gasteiger partial charge in [-0.15, -0.1) is 0 Å². The van der Waals surface area contributed by atoms with Crippen LogP contribution in [0.1, 0.15) is 0 Å². The smallest absolute Gasteiger partial charge is 0.305 e. The number of urea groups is 1. The molecule has 1 aromatic carbocycles. The summed E-state index contributed by atoms with van der Waals surface area (Å²) in [6.45, 7) is 0. The topological polar surface area (TPSA) is 44.4 Å². The van der Waals surface area contributed by atoms with Crippen molar-refractivity contribution in [3.05, 3.63) is 29.3 Å². The fourth-order valence-electron chi connectivity index (χ4n) is 0.863. The highest BCUT2D eigenvalue weighted by atomic mass is 35.5. The van der Waals surface area contributed by atoms with Gasteiger partial charge in [0, 0.05) is 14.1 Å². The Labute approximate surface area is 87.8 Å². The van der Waals surface area contributed by atoms with Crippen LogP contribution < -0.4 is 10.7 Å². The zero-order valence-corrected chi connectivity index (χ0v) is 8.80. The molecule has 0 bridgehead atoms. The molecule has 0 saturated heterocycles. The van der Waals surface area contributed by atoms with E-state index in [1.165, 1.54) is 5.01 Å². The van der Waals surface area contributed by atoms with Crippen molar-refractivity contribution in [1.82, 2.24) is 10.4 Å². The molecule has 1 aromatic rings. The fraction of sp³-hybridized carbons (Fsp3) is 0.222. The van der Waals surface area contributed by atoms with Crippen LogP contribution in [-0.2, 0) is 0 Å². The molecule has 5 heteroatoms. The van der Waals surface area contributed by atoms with Gasteiger partial charge in [-0.2, -0.15) is 0 Å². The summed E-state index contributed by atoms with van der Waals surface area (Å²) in [6, 6.07) is 6.81. The molecule has 0 aromatic heterocycles. The molecule has 0 aliphatic carbocycles. The number of carbonyl (C=O) groups is 1. The van der Waals surface area contributed by atoms with Crippen molar-refractivity contribution in [2.75, 3.05) is 19.4 Å². The van der Waals surface area contributed by atoms with Crippen molar-refractivity contribution in [2.24, 2.45) is 0 Å². The second kappa shape index (κ2) is 4.83. The molecule has 14 heavy (non-hydrogen) atoms. The lowest BCUT2D eigenvalue weighted by molar-refractivity contribution is 0.207. The van der Waals surface area contributed by atoms with E-state index in [2.05, 4.69) is 10.7 Å². The Morgan fingerprint density at radius 3 is 2.64 bits per heavy atom. The Bertz CT molecular complexity index is 330. The van der Waals surface area contributed by atoms with Gasteiger partial charge in [-0.25, -0.2) is 10.2 Å². The number of benzene rings is 1. The molecule has 2 N–H and O–H groups in total. The molecule has 1 rings (SSSR count). The van der Waals surface area contributed by atoms with Gasteiger partial charge in [0.25, 0.3) is 0 Å². The van der Waals surface area contributed by atoms with Crippen LogP contribution in [-0.4, -0.2) is 25.1 Å². The largest absolute Gasteiger partial charge is 0.335 e. The van der Waals surface area contributed by atoms with Gasteiger partial charge in [0.1, 0.15) is 0 Å². The van der Waals surface area contributed by atoms with Gasteiger partial charge in [-0.05, 0) is 12.1 Å². The quantitative estimate of drug-likeness (QED) is 0.738. The summed E-state index contributed by atoms with van der Waals surface area (Å²) in [7, 11) is 3.28. The lowest BCUT2D eigenvalue weighted by Gasteiger charge is -2.16. The molecule has 76 valence electrons. The molecule has 0 radical (unpaired) electrons. The first-order chi connectivity index (χ1) is 6.65. The minimum Gasteiger partial charge on any atom is -0.305 e. The Hall–Kier alpha value is -1.26. The van der Waals surface area contributed by atoms with E-state index < -0.39 is 0 Å². The molecule has 4 nitrogen and oxygen atoms in total. The Kier molecular flexibility index (Phi) is 3.73. The number of halogens is 1. The van der Waals surface area contributed by atoms with Gasteiger partial charge in [0.2, 0.25) is 0 Å². The molecule has 2 amide bonds. The van der Waals surface area contributed by atoms with Crippen molar-refractivity contribution in [3.8, 4) is 0 Å². The number of hydrogen-bond acceptors (Lipinski definition) is 2. The zero-order valence-electron chi connectivity index (χ0n) is 8.04. The summed E-state index contributed by atoms with van der Waals surface area (Å²) in [6.07, 6.45) is 0. The Balaban J connectivity index is 2.70. The van der Waals surface area contributed by atoms with Crippen LogP contribution in [0.3, 0.4) is 0 Å². The zero-order chi connectivity index (χ0) is 10.6. The van der Waals surface area contributed by atoms with Crippen molar-refractivity contribution >= 4 is 23.3 Å². The number of para-hydroxylation sites is 1. The van der Waals surface area contributed by atoms with E-state index in [1.807, 2.05) is 0 Å². The number of hydrogen-bond donors (Lipinski definition) is 2. The monoisotopic (exact) mass is 213 g/mol. The number of anilines is 1. The highest BCUT2D eigenvalue weighted by Gasteiger charge is 2.07. The van der Waals surface area contributed by atoms with E-state index in [1.54, 1.807) is 38.4 Å². The lowest BCUT2D eigenvalue weighted by atomic mass is 10.3. The summed E-state index contributed by atoms with van der Waals surface area (Å²) in [5.41, 5.74) is 3.28. The summed E-state index contributed by atoms with van der Waals surface area (Å²) in [5.74, 6) is 0. The van der Waals surface area contributed by atoms with Gasteiger partial charge in [-0.1, -0.05) is 23.7 Å². The van der Waals surface area contributed by atoms with Crippen molar-refractivity contribution in [3.63, 3.8) is 0 Å². The minimum atomic E-state index is -0.263. The predicted molar refractivity (Wildman–Crippen MR) is 57.3 cm³/mol. The normalized spacial score (nSPS) is 9.64. The highest BCUT2D eigenvalue weighted by Crippen LogP contribution is 2.20. The first kappa shape index (κ1) is 10.8. The van der Waals surface area contributed by atoms with Crippen molar-refractivity contribution in [1.29, 1.82) is 0 Å². The fourth-order valence-corrected chi connectivity index (χ4v) is 1.05. The number of nitrogens with zero attached hydrogens (tertiary/aromatic N) is 1. The van der Waals surface area contributed by atoms with E-state index in [9.17, 15) is 4.79 Å². The van der Waals surface area contributed by atoms with Gasteiger partial charge in [-0.3, -0.25) is 5.01 Å². The van der Waals surface area contributed by atoms with Gasteiger partial charge < -0.3 is 5.32 Å². The van der Waals surface area contributed by atoms with Crippen LogP contribution in [0.25, 0.3) is 0 Å². The first-order valence-electron chi connectivity index (χ1n) is 4.11. The highest BCUT2D eigenvalue weighted by molar-refractivity contribution is 6.33. The second-order valence-electron chi connectivity index (χ2n) is 2.69. The third-order valence-electron chi connectivity index (χ3n) is 1.76. The Morgan fingerprint density at radius 2 is 2.07 bits per heavy atom. The van der Waals surface area contributed by atoms with Crippen molar-refractivity contribution < 1.29 is 4.79 Å². The molecule has 0 aliphatic heterocycles. The summed E-state index contributed by atoms with van der Waals surface area (Å²) >= 11 is 5.86. The first-order valence-corrected chi connectivity index (χ1v) is 4.49. The SMILES string of the molecule is CNN(C)C(=O)Nc1ccccc1Cl. The molecular weight excluding hydrogens is 202 g/mol. The maximum Gasteiger partial charge on any atom is 0.335 e. The Morgan fingerprint density at radius 1 is 1.43 bits per heavy atom. The van der Waals surface area contributed by atoms with Crippen LogP contribution in [0.4, 0.5) is 10.5 Å². The van der Waals surface area contributed by atoms with Gasteiger partial charge in [0.05, 0.1) is 10.7 Å². The summed E-state index contributed by atoms with van der Waals surface area (Å²) in [5, 5.41) is 4.50. The average Bonchev–Trinajstić information content (AvgIpc) is 2.20. The van der Waals surface area contributed by atoms with E-state index >= 15 is 0 Å². The molecule has 0 atom stereocenters. The number of rotatable bonds is 2. The number of nitrogens with one attached hydrogen (secondary N) is 2. The predicted octanol–water partition coefficient (Wildman–Crippen LogP) is 1.94. The molecule has 0 unspecified atom stereocenters. The lowest BCUT2D eigenvalue weighted by Crippen LogP contribution is -2.39. The molecule has 0 heterocycles. The molecule has 0 fully saturated rings. The third kappa shape index (κ3) is 2.61. The standard InChI is InChI=1S/C9H12ClN3O/c1-11-13(2)9(14)12-8-6-4-3-5-7(8)10/h3-6,11H,1-2H3,(H,12,14). The number of amides is 2. The average molecular weight is 214 g/mol. The maximum atomic E-state index is 11.4. The second-order valence-corrected chi connectivity index (χ2v) is 3.10. The number of carbonyl (C=O) groups excluding carboxylic acids is 1. The van der Waals surface area contributed by atoms with Crippen LogP contribution in [0, 0.1) is 0 Å². The van der Waals surface area contributed by atoms with E-state index in [0.29, 0.717) is 10.7 Å². The molecular formula is C9H12ClN3O. The van der Waals surface area contributed by atoms with E-state index in [-0.39, 0.29) is 6.03 Å². The summed E-state index contributed by atoms with van der Waals surface area (Å²) < 4.78 is 0. The molecule has 0 saturated carbocycles. The summed E-state index contributed by atoms with van der Waals surface area (Å²) in [4.78, 5) is 11.4. The van der Waals surface area contributed by atoms with E-state index in [0.717, 1.165) is 0 Å². The van der Waals surface area contributed by atoms with Crippen LogP contribution in [0.5, 0.6) is 0 Å². The maximum absolute atomic E-state index is 11.4. The molecule has 0 aliphatic rings. The van der Waals surface area contributed by atoms with Crippen molar-refractivity contribution in [2.45, 2.75) is 0 Å². The van der Waals surface area contributed by atoms with Crippen LogP contribution in [0.15, 0.2) is 24.3 Å². The van der Waals surface area contributed by atoms with Crippen LogP contribution in [0.2, 0.25) is 5.02 Å². The van der Waals surface area contributed by atoms with Gasteiger partial charge in [0.15, 0.2) is 0 Å². The third-order valence-corrected chi connectivity index (χ3v) is 2.09. The van der Waals surface area contributed by atoms with Crippen LogP contribution >= 0.6 is 11.6 Å². The molecule has 0 spiro atoms.